The first-order valence-corrected chi connectivity index (χ1v) is 6.87. The van der Waals surface area contributed by atoms with E-state index in [1.165, 1.54) is 6.07 Å². The summed E-state index contributed by atoms with van der Waals surface area (Å²) in [6.45, 7) is 4.42. The van der Waals surface area contributed by atoms with Crippen molar-refractivity contribution >= 4 is 5.91 Å². The van der Waals surface area contributed by atoms with Gasteiger partial charge in [0.25, 0.3) is 5.91 Å². The van der Waals surface area contributed by atoms with E-state index in [-0.39, 0.29) is 11.7 Å². The Bertz CT molecular complexity index is 640. The van der Waals surface area contributed by atoms with Crippen LogP contribution in [0.15, 0.2) is 42.5 Å². The minimum Gasteiger partial charge on any atom is -0.493 e. The number of ether oxygens (including phenoxy) is 1. The van der Waals surface area contributed by atoms with Crippen molar-refractivity contribution in [3.05, 3.63) is 65.0 Å². The molecule has 21 heavy (non-hydrogen) atoms. The summed E-state index contributed by atoms with van der Waals surface area (Å²) in [6.07, 6.45) is 0. The average molecular weight is 287 g/mol. The monoisotopic (exact) mass is 287 g/mol. The van der Waals surface area contributed by atoms with E-state index in [4.69, 9.17) is 4.74 Å². The molecule has 0 heterocycles. The van der Waals surface area contributed by atoms with Gasteiger partial charge in [0.05, 0.1) is 12.2 Å². The largest absolute Gasteiger partial charge is 0.493 e. The first kappa shape index (κ1) is 15.0. The fourth-order valence-electron chi connectivity index (χ4n) is 2.03. The van der Waals surface area contributed by atoms with Crippen LogP contribution < -0.4 is 10.1 Å². The smallest absolute Gasteiger partial charge is 0.255 e. The molecular formula is C17H18FNO2. The van der Waals surface area contributed by atoms with Crippen LogP contribution in [0, 0.1) is 12.7 Å². The van der Waals surface area contributed by atoms with Gasteiger partial charge in [-0.3, -0.25) is 4.79 Å². The molecule has 2 aromatic rings. The number of para-hydroxylation sites is 1. The first-order chi connectivity index (χ1) is 10.1. The lowest BCUT2D eigenvalue weighted by Crippen LogP contribution is -2.23. The van der Waals surface area contributed by atoms with Crippen molar-refractivity contribution < 1.29 is 13.9 Å². The summed E-state index contributed by atoms with van der Waals surface area (Å²) >= 11 is 0. The molecule has 0 bridgehead atoms. The van der Waals surface area contributed by atoms with Gasteiger partial charge < -0.3 is 10.1 Å². The number of rotatable bonds is 5. The zero-order valence-corrected chi connectivity index (χ0v) is 12.2. The summed E-state index contributed by atoms with van der Waals surface area (Å²) in [7, 11) is 0. The maximum atomic E-state index is 13.2. The molecule has 4 heteroatoms. The molecule has 0 aliphatic rings. The van der Waals surface area contributed by atoms with E-state index >= 15 is 0 Å². The zero-order chi connectivity index (χ0) is 15.2. The van der Waals surface area contributed by atoms with Crippen LogP contribution in [0.4, 0.5) is 4.39 Å². The lowest BCUT2D eigenvalue weighted by atomic mass is 10.1. The Balaban J connectivity index is 2.06. The molecule has 0 aliphatic heterocycles. The first-order valence-electron chi connectivity index (χ1n) is 6.87. The molecule has 0 spiro atoms. The summed E-state index contributed by atoms with van der Waals surface area (Å²) in [5.41, 5.74) is 1.92. The molecule has 110 valence electrons. The van der Waals surface area contributed by atoms with Crippen LogP contribution in [0.25, 0.3) is 0 Å². The molecule has 0 radical (unpaired) electrons. The second-order valence-electron chi connectivity index (χ2n) is 4.70. The number of amides is 1. The molecule has 0 atom stereocenters. The van der Waals surface area contributed by atoms with Gasteiger partial charge in [-0.1, -0.05) is 24.3 Å². The fourth-order valence-corrected chi connectivity index (χ4v) is 2.03. The van der Waals surface area contributed by atoms with Gasteiger partial charge in [-0.25, -0.2) is 4.39 Å². The molecule has 1 N–H and O–H groups in total. The second kappa shape index (κ2) is 6.88. The van der Waals surface area contributed by atoms with Gasteiger partial charge in [-0.2, -0.15) is 0 Å². The molecule has 0 unspecified atom stereocenters. The Morgan fingerprint density at radius 1 is 1.24 bits per heavy atom. The Labute approximate surface area is 123 Å². The molecular weight excluding hydrogens is 269 g/mol. The summed E-state index contributed by atoms with van der Waals surface area (Å²) in [4.78, 5) is 12.2. The van der Waals surface area contributed by atoms with Crippen LogP contribution in [0.5, 0.6) is 5.75 Å². The topological polar surface area (TPSA) is 38.3 Å². The number of halogens is 1. The van der Waals surface area contributed by atoms with E-state index in [0.29, 0.717) is 30.0 Å². The molecule has 0 aromatic heterocycles. The van der Waals surface area contributed by atoms with E-state index in [1.807, 2.05) is 13.0 Å². The normalized spacial score (nSPS) is 10.2. The molecule has 0 aliphatic carbocycles. The lowest BCUT2D eigenvalue weighted by Gasteiger charge is -2.10. The lowest BCUT2D eigenvalue weighted by molar-refractivity contribution is 0.0947. The number of carbonyl (C=O) groups excluding carboxylic acids is 1. The van der Waals surface area contributed by atoms with Crippen molar-refractivity contribution in [3.8, 4) is 5.75 Å². The van der Waals surface area contributed by atoms with Gasteiger partial charge in [0.2, 0.25) is 0 Å². The van der Waals surface area contributed by atoms with Crippen molar-refractivity contribution in [2.24, 2.45) is 0 Å². The molecule has 1 amide bonds. The van der Waals surface area contributed by atoms with Gasteiger partial charge in [-0.05, 0) is 43.2 Å². The van der Waals surface area contributed by atoms with Crippen LogP contribution in [-0.2, 0) is 6.54 Å². The highest BCUT2D eigenvalue weighted by atomic mass is 19.1. The number of carbonyl (C=O) groups is 1. The van der Waals surface area contributed by atoms with Gasteiger partial charge in [0, 0.05) is 6.54 Å². The minimum atomic E-state index is -0.244. The van der Waals surface area contributed by atoms with E-state index < -0.39 is 0 Å². The molecule has 2 aromatic carbocycles. The van der Waals surface area contributed by atoms with Crippen LogP contribution in [0.3, 0.4) is 0 Å². The Hall–Kier alpha value is -2.36. The Morgan fingerprint density at radius 2 is 2.00 bits per heavy atom. The average Bonchev–Trinajstić information content (AvgIpc) is 2.49. The third-order valence-corrected chi connectivity index (χ3v) is 3.11. The third-order valence-electron chi connectivity index (χ3n) is 3.11. The maximum absolute atomic E-state index is 13.2. The minimum absolute atomic E-state index is 0.207. The molecule has 3 nitrogen and oxygen atoms in total. The quantitative estimate of drug-likeness (QED) is 0.914. The molecule has 0 fully saturated rings. The van der Waals surface area contributed by atoms with Crippen LogP contribution in [0.2, 0.25) is 0 Å². The van der Waals surface area contributed by atoms with E-state index in [2.05, 4.69) is 5.32 Å². The summed E-state index contributed by atoms with van der Waals surface area (Å²) < 4.78 is 18.6. The van der Waals surface area contributed by atoms with Gasteiger partial charge >= 0.3 is 0 Å². The van der Waals surface area contributed by atoms with Crippen molar-refractivity contribution in [1.29, 1.82) is 0 Å². The van der Waals surface area contributed by atoms with E-state index in [1.54, 1.807) is 37.3 Å². The summed E-state index contributed by atoms with van der Waals surface area (Å²) in [6, 6.07) is 11.9. The maximum Gasteiger partial charge on any atom is 0.255 e. The van der Waals surface area contributed by atoms with E-state index in [0.717, 1.165) is 5.56 Å². The highest BCUT2D eigenvalue weighted by Crippen LogP contribution is 2.18. The van der Waals surface area contributed by atoms with Gasteiger partial charge in [0.15, 0.2) is 0 Å². The predicted octanol–water partition coefficient (Wildman–Crippen LogP) is 3.46. The number of hydrogen-bond donors (Lipinski definition) is 1. The van der Waals surface area contributed by atoms with Gasteiger partial charge in [0.1, 0.15) is 11.6 Å². The van der Waals surface area contributed by atoms with E-state index in [9.17, 15) is 9.18 Å². The summed E-state index contributed by atoms with van der Waals surface area (Å²) in [5, 5.41) is 2.82. The van der Waals surface area contributed by atoms with Gasteiger partial charge in [-0.15, -0.1) is 0 Å². The highest BCUT2D eigenvalue weighted by molar-refractivity contribution is 5.96. The SMILES string of the molecule is CCOc1ccccc1C(=O)NCc1ccc(F)c(C)c1. The fraction of sp³-hybridized carbons (Fsp3) is 0.235. The highest BCUT2D eigenvalue weighted by Gasteiger charge is 2.11. The third kappa shape index (κ3) is 3.81. The van der Waals surface area contributed by atoms with Crippen molar-refractivity contribution in [1.82, 2.24) is 5.32 Å². The second-order valence-corrected chi connectivity index (χ2v) is 4.70. The van der Waals surface area contributed by atoms with Crippen molar-refractivity contribution in [3.63, 3.8) is 0 Å². The molecule has 0 saturated heterocycles. The van der Waals surface area contributed by atoms with Crippen LogP contribution in [-0.4, -0.2) is 12.5 Å². The summed E-state index contributed by atoms with van der Waals surface area (Å²) in [5.74, 6) is 0.112. The number of benzene rings is 2. The Morgan fingerprint density at radius 3 is 2.71 bits per heavy atom. The molecule has 0 saturated carbocycles. The van der Waals surface area contributed by atoms with Crippen molar-refractivity contribution in [2.45, 2.75) is 20.4 Å². The standard InChI is InChI=1S/C17H18FNO2/c1-3-21-16-7-5-4-6-14(16)17(20)19-11-13-8-9-15(18)12(2)10-13/h4-10H,3,11H2,1-2H3,(H,19,20). The number of aryl methyl sites for hydroxylation is 1. The number of hydrogen-bond acceptors (Lipinski definition) is 2. The zero-order valence-electron chi connectivity index (χ0n) is 12.2. The van der Waals surface area contributed by atoms with Crippen LogP contribution >= 0.6 is 0 Å². The molecule has 2 rings (SSSR count). The number of nitrogens with one attached hydrogen (secondary N) is 1. The Kier molecular flexibility index (Phi) is 4.93. The van der Waals surface area contributed by atoms with Crippen molar-refractivity contribution in [2.75, 3.05) is 6.61 Å². The van der Waals surface area contributed by atoms with Crippen LogP contribution in [0.1, 0.15) is 28.4 Å². The predicted molar refractivity (Wildman–Crippen MR) is 79.9 cm³/mol.